The molecule has 23 heavy (non-hydrogen) atoms. The van der Waals surface area contributed by atoms with Crippen LogP contribution in [-0.2, 0) is 4.79 Å². The molecule has 0 radical (unpaired) electrons. The van der Waals surface area contributed by atoms with Crippen molar-refractivity contribution in [2.45, 2.75) is 19.9 Å². The third kappa shape index (κ3) is 3.05. The number of nitrogens with zero attached hydrogens (tertiary/aromatic N) is 4. The molecule has 0 aliphatic carbocycles. The zero-order valence-electron chi connectivity index (χ0n) is 13.8. The van der Waals surface area contributed by atoms with Gasteiger partial charge in [-0.3, -0.25) is 14.5 Å². The predicted molar refractivity (Wildman–Crippen MR) is 89.9 cm³/mol. The molecule has 0 spiro atoms. The van der Waals surface area contributed by atoms with E-state index in [1.165, 1.54) is 11.3 Å². The van der Waals surface area contributed by atoms with E-state index in [1.54, 1.807) is 9.80 Å². The van der Waals surface area contributed by atoms with Gasteiger partial charge in [-0.05, 0) is 13.8 Å². The van der Waals surface area contributed by atoms with Crippen molar-refractivity contribution in [2.24, 2.45) is 0 Å². The second-order valence-corrected chi connectivity index (χ2v) is 7.03. The van der Waals surface area contributed by atoms with Crippen LogP contribution in [0.3, 0.4) is 0 Å². The van der Waals surface area contributed by atoms with Crippen molar-refractivity contribution < 1.29 is 9.59 Å². The molecule has 0 saturated carbocycles. The van der Waals surface area contributed by atoms with E-state index < -0.39 is 0 Å². The molecule has 3 rings (SSSR count). The average molecular weight is 337 g/mol. The lowest BCUT2D eigenvalue weighted by Gasteiger charge is -2.45. The monoisotopic (exact) mass is 337 g/mol. The molecule has 126 valence electrons. The number of fused-ring (bicyclic) bond motifs is 1. The van der Waals surface area contributed by atoms with Crippen molar-refractivity contribution >= 4 is 28.3 Å². The Labute approximate surface area is 140 Å². The number of likely N-dealkylation sites (N-methyl/N-ethyl adjacent to an activating group) is 1. The summed E-state index contributed by atoms with van der Waals surface area (Å²) in [6.45, 7) is 8.19. The smallest absolute Gasteiger partial charge is 0.266 e. The van der Waals surface area contributed by atoms with Crippen LogP contribution in [0.25, 0.3) is 0 Å². The number of hydrogen-bond acceptors (Lipinski definition) is 6. The SMILES string of the molecule is CCNc1nc(C)c(C(=O)N2CCN3CCN(C)C(=O)C3C2)s1. The Morgan fingerprint density at radius 3 is 2.83 bits per heavy atom. The first-order valence-corrected chi connectivity index (χ1v) is 8.82. The van der Waals surface area contributed by atoms with Gasteiger partial charge < -0.3 is 15.1 Å². The number of thiazole rings is 1. The maximum atomic E-state index is 12.8. The second kappa shape index (κ2) is 6.45. The molecule has 2 saturated heterocycles. The standard InChI is InChI=1S/C15H23N5O2S/c1-4-16-15-17-10(2)12(23-15)14(22)20-8-7-19-6-5-18(3)13(21)11(19)9-20/h11H,4-9H2,1-3H3,(H,16,17). The lowest BCUT2D eigenvalue weighted by atomic mass is 10.1. The van der Waals surface area contributed by atoms with Gasteiger partial charge in [0, 0.05) is 46.3 Å². The topological polar surface area (TPSA) is 68.8 Å². The number of nitrogens with one attached hydrogen (secondary N) is 1. The van der Waals surface area contributed by atoms with Crippen LogP contribution in [-0.4, -0.2) is 83.9 Å². The number of rotatable bonds is 3. The fraction of sp³-hybridized carbons (Fsp3) is 0.667. The van der Waals surface area contributed by atoms with Gasteiger partial charge in [-0.25, -0.2) is 4.98 Å². The van der Waals surface area contributed by atoms with Crippen molar-refractivity contribution in [3.8, 4) is 0 Å². The van der Waals surface area contributed by atoms with Gasteiger partial charge in [0.2, 0.25) is 5.91 Å². The van der Waals surface area contributed by atoms with E-state index >= 15 is 0 Å². The first-order chi connectivity index (χ1) is 11.0. The zero-order valence-corrected chi connectivity index (χ0v) is 14.7. The van der Waals surface area contributed by atoms with Gasteiger partial charge in [0.1, 0.15) is 10.9 Å². The first-order valence-electron chi connectivity index (χ1n) is 8.01. The van der Waals surface area contributed by atoms with Gasteiger partial charge in [0.15, 0.2) is 5.13 Å². The number of carbonyl (C=O) groups excluding carboxylic acids is 2. The summed E-state index contributed by atoms with van der Waals surface area (Å²) in [5.74, 6) is 0.105. The summed E-state index contributed by atoms with van der Waals surface area (Å²) in [5.41, 5.74) is 0.755. The van der Waals surface area contributed by atoms with Crippen LogP contribution in [0.2, 0.25) is 0 Å². The maximum Gasteiger partial charge on any atom is 0.266 e. The van der Waals surface area contributed by atoms with Crippen LogP contribution < -0.4 is 5.32 Å². The highest BCUT2D eigenvalue weighted by Gasteiger charge is 2.39. The Hall–Kier alpha value is -1.67. The molecular weight excluding hydrogens is 314 g/mol. The molecule has 1 aromatic heterocycles. The van der Waals surface area contributed by atoms with Gasteiger partial charge in [-0.15, -0.1) is 0 Å². The molecular formula is C15H23N5O2S. The molecule has 1 atom stereocenters. The summed E-state index contributed by atoms with van der Waals surface area (Å²) >= 11 is 1.39. The summed E-state index contributed by atoms with van der Waals surface area (Å²) in [4.78, 5) is 36.0. The van der Waals surface area contributed by atoms with Crippen LogP contribution in [0, 0.1) is 6.92 Å². The Kier molecular flexibility index (Phi) is 4.54. The third-order valence-corrected chi connectivity index (χ3v) is 5.58. The lowest BCUT2D eigenvalue weighted by molar-refractivity contribution is -0.142. The van der Waals surface area contributed by atoms with Crippen LogP contribution >= 0.6 is 11.3 Å². The number of amides is 2. The molecule has 2 amide bonds. The van der Waals surface area contributed by atoms with E-state index in [1.807, 2.05) is 20.9 Å². The highest BCUT2D eigenvalue weighted by molar-refractivity contribution is 7.17. The number of piperazine rings is 2. The average Bonchev–Trinajstić information content (AvgIpc) is 2.91. The number of carbonyl (C=O) groups is 2. The quantitative estimate of drug-likeness (QED) is 0.869. The van der Waals surface area contributed by atoms with Crippen LogP contribution in [0.5, 0.6) is 0 Å². The van der Waals surface area contributed by atoms with E-state index in [-0.39, 0.29) is 17.9 Å². The minimum absolute atomic E-state index is 0.00942. The van der Waals surface area contributed by atoms with E-state index in [9.17, 15) is 9.59 Å². The van der Waals surface area contributed by atoms with Crippen molar-refractivity contribution in [1.29, 1.82) is 0 Å². The molecule has 1 aromatic rings. The van der Waals surface area contributed by atoms with Gasteiger partial charge in [0.05, 0.1) is 5.69 Å². The Morgan fingerprint density at radius 2 is 2.09 bits per heavy atom. The molecule has 1 unspecified atom stereocenters. The third-order valence-electron chi connectivity index (χ3n) is 4.48. The van der Waals surface area contributed by atoms with Gasteiger partial charge in [0.25, 0.3) is 5.91 Å². The van der Waals surface area contributed by atoms with Gasteiger partial charge >= 0.3 is 0 Å². The molecule has 0 aromatic carbocycles. The summed E-state index contributed by atoms with van der Waals surface area (Å²) in [6, 6.07) is -0.201. The second-order valence-electron chi connectivity index (χ2n) is 6.03. The van der Waals surface area contributed by atoms with Gasteiger partial charge in [-0.2, -0.15) is 0 Å². The van der Waals surface area contributed by atoms with E-state index in [4.69, 9.17) is 0 Å². The molecule has 2 fully saturated rings. The number of aryl methyl sites for hydroxylation is 1. The molecule has 3 heterocycles. The molecule has 0 bridgehead atoms. The zero-order chi connectivity index (χ0) is 16.6. The van der Waals surface area contributed by atoms with E-state index in [0.717, 1.165) is 37.0 Å². The van der Waals surface area contributed by atoms with E-state index in [0.29, 0.717) is 18.0 Å². The van der Waals surface area contributed by atoms with Gasteiger partial charge in [-0.1, -0.05) is 11.3 Å². The first kappa shape index (κ1) is 16.2. The number of anilines is 1. The summed E-state index contributed by atoms with van der Waals surface area (Å²) in [6.07, 6.45) is 0. The van der Waals surface area contributed by atoms with Crippen molar-refractivity contribution in [1.82, 2.24) is 19.7 Å². The molecule has 2 aliphatic heterocycles. The lowest BCUT2D eigenvalue weighted by Crippen LogP contribution is -2.64. The minimum atomic E-state index is -0.201. The largest absolute Gasteiger partial charge is 0.362 e. The highest BCUT2D eigenvalue weighted by Crippen LogP contribution is 2.25. The Bertz CT molecular complexity index is 617. The predicted octanol–water partition coefficient (Wildman–Crippen LogP) is 0.482. The van der Waals surface area contributed by atoms with E-state index in [2.05, 4.69) is 15.2 Å². The fourth-order valence-electron chi connectivity index (χ4n) is 3.12. The number of aromatic nitrogens is 1. The Balaban J connectivity index is 1.74. The van der Waals surface area contributed by atoms with Crippen LogP contribution in [0.1, 0.15) is 22.3 Å². The van der Waals surface area contributed by atoms with Crippen LogP contribution in [0.15, 0.2) is 0 Å². The summed E-state index contributed by atoms with van der Waals surface area (Å²) in [5, 5.41) is 3.93. The van der Waals surface area contributed by atoms with Crippen molar-refractivity contribution in [2.75, 3.05) is 51.6 Å². The number of hydrogen-bond donors (Lipinski definition) is 1. The highest BCUT2D eigenvalue weighted by atomic mass is 32.1. The fourth-order valence-corrected chi connectivity index (χ4v) is 4.12. The molecule has 1 N–H and O–H groups in total. The summed E-state index contributed by atoms with van der Waals surface area (Å²) < 4.78 is 0. The molecule has 8 heteroatoms. The normalized spacial score (nSPS) is 22.2. The molecule has 2 aliphatic rings. The minimum Gasteiger partial charge on any atom is -0.362 e. The summed E-state index contributed by atoms with van der Waals surface area (Å²) in [7, 11) is 1.83. The Morgan fingerprint density at radius 1 is 1.35 bits per heavy atom. The van der Waals surface area contributed by atoms with Crippen LogP contribution in [0.4, 0.5) is 5.13 Å². The van der Waals surface area contributed by atoms with Crippen molar-refractivity contribution in [3.63, 3.8) is 0 Å². The van der Waals surface area contributed by atoms with Crippen molar-refractivity contribution in [3.05, 3.63) is 10.6 Å². The maximum absolute atomic E-state index is 12.8. The molecule has 7 nitrogen and oxygen atoms in total.